The first-order valence-corrected chi connectivity index (χ1v) is 14.9. The Kier molecular flexibility index (Phi) is 10.9. The molecule has 2 amide bonds. The maximum absolute atomic E-state index is 14.1. The number of nitrogens with one attached hydrogen (secondary N) is 1. The predicted octanol–water partition coefficient (Wildman–Crippen LogP) is 4.92. The predicted molar refractivity (Wildman–Crippen MR) is 158 cm³/mol. The molecule has 3 aromatic carbocycles. The third-order valence-corrected chi connectivity index (χ3v) is 8.37. The molecule has 0 aromatic heterocycles. The van der Waals surface area contributed by atoms with Crippen LogP contribution in [-0.4, -0.2) is 51.4 Å². The van der Waals surface area contributed by atoms with Crippen molar-refractivity contribution in [2.45, 2.75) is 51.6 Å². The summed E-state index contributed by atoms with van der Waals surface area (Å²) in [5.74, 6) is -0.597. The van der Waals surface area contributed by atoms with Crippen LogP contribution in [0.1, 0.15) is 38.3 Å². The molecular formula is C31H38FN3O5S. The van der Waals surface area contributed by atoms with Crippen LogP contribution in [0.15, 0.2) is 77.7 Å². The first-order valence-electron chi connectivity index (χ1n) is 13.5. The minimum Gasteiger partial charge on any atom is -0.497 e. The van der Waals surface area contributed by atoms with Crippen molar-refractivity contribution in [1.82, 2.24) is 10.2 Å². The van der Waals surface area contributed by atoms with Crippen molar-refractivity contribution in [3.05, 3.63) is 89.7 Å². The van der Waals surface area contributed by atoms with Crippen molar-refractivity contribution in [2.24, 2.45) is 5.92 Å². The number of hydrogen-bond acceptors (Lipinski definition) is 5. The number of carbonyl (C=O) groups excluding carboxylic acids is 2. The number of nitrogens with zero attached hydrogens (tertiary/aromatic N) is 2. The zero-order valence-electron chi connectivity index (χ0n) is 24.1. The maximum Gasteiger partial charge on any atom is 0.264 e. The summed E-state index contributed by atoms with van der Waals surface area (Å²) in [6, 6.07) is 17.5. The fourth-order valence-corrected chi connectivity index (χ4v) is 5.66. The van der Waals surface area contributed by atoms with Crippen LogP contribution in [0.2, 0.25) is 0 Å². The van der Waals surface area contributed by atoms with E-state index in [2.05, 4.69) is 5.32 Å². The molecule has 0 aliphatic rings. The van der Waals surface area contributed by atoms with E-state index in [0.717, 1.165) is 27.6 Å². The molecule has 1 N–H and O–H groups in total. The molecule has 0 aliphatic heterocycles. The Hall–Kier alpha value is -3.92. The molecule has 8 nitrogen and oxygen atoms in total. The number of hydrogen-bond donors (Lipinski definition) is 1. The van der Waals surface area contributed by atoms with Gasteiger partial charge in [-0.25, -0.2) is 12.8 Å². The Bertz CT molecular complexity index is 1410. The van der Waals surface area contributed by atoms with Crippen molar-refractivity contribution in [3.8, 4) is 5.75 Å². The van der Waals surface area contributed by atoms with Gasteiger partial charge in [0.25, 0.3) is 10.0 Å². The van der Waals surface area contributed by atoms with Crippen molar-refractivity contribution < 1.29 is 27.1 Å². The minimum absolute atomic E-state index is 0.0781. The zero-order valence-corrected chi connectivity index (χ0v) is 24.9. The molecule has 0 bridgehead atoms. The number of sulfonamides is 1. The second-order valence-corrected chi connectivity index (χ2v) is 12.1. The van der Waals surface area contributed by atoms with Crippen LogP contribution in [0, 0.1) is 18.7 Å². The number of rotatable bonds is 13. The highest BCUT2D eigenvalue weighted by molar-refractivity contribution is 7.92. The van der Waals surface area contributed by atoms with Crippen LogP contribution in [0.4, 0.5) is 10.1 Å². The minimum atomic E-state index is -4.27. The number of carbonyl (C=O) groups is 2. The highest BCUT2D eigenvalue weighted by Gasteiger charge is 2.33. The second kappa shape index (κ2) is 14.1. The molecule has 10 heteroatoms. The van der Waals surface area contributed by atoms with Crippen LogP contribution in [0.25, 0.3) is 0 Å². The lowest BCUT2D eigenvalue weighted by Gasteiger charge is -2.33. The van der Waals surface area contributed by atoms with E-state index in [9.17, 15) is 22.4 Å². The van der Waals surface area contributed by atoms with Gasteiger partial charge in [-0.2, -0.15) is 0 Å². The van der Waals surface area contributed by atoms with Crippen LogP contribution in [0.3, 0.4) is 0 Å². The largest absolute Gasteiger partial charge is 0.497 e. The summed E-state index contributed by atoms with van der Waals surface area (Å²) in [6.45, 7) is 7.57. The number of benzene rings is 3. The van der Waals surface area contributed by atoms with Crippen LogP contribution in [-0.2, 0) is 26.2 Å². The number of methoxy groups -OCH3 is 1. The van der Waals surface area contributed by atoms with E-state index >= 15 is 0 Å². The highest BCUT2D eigenvalue weighted by atomic mass is 32.2. The van der Waals surface area contributed by atoms with Crippen molar-refractivity contribution in [3.63, 3.8) is 0 Å². The SMILES string of the molecule is CC[C@H](C(=O)NCC(C)C)N(Cc1ccc(OC)cc1)C(=O)CN(c1ccc(C)cc1)S(=O)(=O)c1ccc(F)cc1. The van der Waals surface area contributed by atoms with Crippen molar-refractivity contribution in [1.29, 1.82) is 0 Å². The van der Waals surface area contributed by atoms with E-state index in [-0.39, 0.29) is 29.0 Å². The number of anilines is 1. The van der Waals surface area contributed by atoms with E-state index < -0.39 is 34.3 Å². The van der Waals surface area contributed by atoms with Crippen molar-refractivity contribution >= 4 is 27.5 Å². The van der Waals surface area contributed by atoms with Gasteiger partial charge in [-0.3, -0.25) is 13.9 Å². The molecule has 3 rings (SSSR count). The Morgan fingerprint density at radius 2 is 1.56 bits per heavy atom. The lowest BCUT2D eigenvalue weighted by molar-refractivity contribution is -0.140. The Balaban J connectivity index is 2.03. The van der Waals surface area contributed by atoms with Gasteiger partial charge in [-0.1, -0.05) is 50.6 Å². The van der Waals surface area contributed by atoms with E-state index in [4.69, 9.17) is 4.74 Å². The van der Waals surface area contributed by atoms with Gasteiger partial charge >= 0.3 is 0 Å². The Morgan fingerprint density at radius 3 is 2.10 bits per heavy atom. The first kappa shape index (κ1) is 31.6. The zero-order chi connectivity index (χ0) is 30.2. The van der Waals surface area contributed by atoms with E-state index in [1.54, 1.807) is 62.6 Å². The number of aryl methyl sites for hydroxylation is 1. The molecule has 0 fully saturated rings. The standard InChI is InChI=1S/C31H38FN3O5S/c1-6-29(31(37)33-19-22(2)3)34(20-24-9-15-27(40-5)16-10-24)30(36)21-35(26-13-7-23(4)8-14-26)41(38,39)28-17-11-25(32)12-18-28/h7-18,22,29H,6,19-21H2,1-5H3,(H,33,37)/t29-/m1/s1. The summed E-state index contributed by atoms with van der Waals surface area (Å²) in [5.41, 5.74) is 1.93. The molecule has 220 valence electrons. The molecular weight excluding hydrogens is 545 g/mol. The van der Waals surface area contributed by atoms with Gasteiger partial charge in [0, 0.05) is 13.1 Å². The molecule has 0 radical (unpaired) electrons. The second-order valence-electron chi connectivity index (χ2n) is 10.2. The molecule has 41 heavy (non-hydrogen) atoms. The quantitative estimate of drug-likeness (QED) is 0.308. The molecule has 3 aromatic rings. The molecule has 0 aliphatic carbocycles. The normalized spacial score (nSPS) is 12.1. The summed E-state index contributed by atoms with van der Waals surface area (Å²) in [6.07, 6.45) is 0.321. The van der Waals surface area contributed by atoms with Gasteiger partial charge in [-0.05, 0) is 73.4 Å². The molecule has 0 unspecified atom stereocenters. The molecule has 0 heterocycles. The van der Waals surface area contributed by atoms with E-state index in [1.165, 1.54) is 17.0 Å². The van der Waals surface area contributed by atoms with Crippen LogP contribution in [0.5, 0.6) is 5.75 Å². The molecule has 0 saturated carbocycles. The lowest BCUT2D eigenvalue weighted by Crippen LogP contribution is -2.52. The third-order valence-electron chi connectivity index (χ3n) is 6.58. The van der Waals surface area contributed by atoms with Crippen molar-refractivity contribution in [2.75, 3.05) is 24.5 Å². The van der Waals surface area contributed by atoms with Gasteiger partial charge < -0.3 is 15.0 Å². The highest BCUT2D eigenvalue weighted by Crippen LogP contribution is 2.26. The monoisotopic (exact) mass is 583 g/mol. The molecule has 0 saturated heterocycles. The fourth-order valence-electron chi connectivity index (χ4n) is 4.24. The topological polar surface area (TPSA) is 96.0 Å². The maximum atomic E-state index is 14.1. The lowest BCUT2D eigenvalue weighted by atomic mass is 10.1. The summed E-state index contributed by atoms with van der Waals surface area (Å²) < 4.78 is 47.5. The summed E-state index contributed by atoms with van der Waals surface area (Å²) in [5, 5.41) is 2.90. The Morgan fingerprint density at radius 1 is 0.951 bits per heavy atom. The summed E-state index contributed by atoms with van der Waals surface area (Å²) in [4.78, 5) is 28.6. The van der Waals surface area contributed by atoms with Crippen LogP contribution >= 0.6 is 0 Å². The Labute approximate surface area is 242 Å². The fraction of sp³-hybridized carbons (Fsp3) is 0.355. The van der Waals surface area contributed by atoms with Gasteiger partial charge in [0.15, 0.2) is 0 Å². The molecule has 1 atom stereocenters. The average molecular weight is 584 g/mol. The smallest absolute Gasteiger partial charge is 0.264 e. The number of ether oxygens (including phenoxy) is 1. The van der Waals surface area contributed by atoms with Crippen LogP contribution < -0.4 is 14.4 Å². The average Bonchev–Trinajstić information content (AvgIpc) is 2.95. The van der Waals surface area contributed by atoms with Gasteiger partial charge in [0.2, 0.25) is 11.8 Å². The van der Waals surface area contributed by atoms with E-state index in [1.807, 2.05) is 20.8 Å². The van der Waals surface area contributed by atoms with E-state index in [0.29, 0.717) is 18.7 Å². The third kappa shape index (κ3) is 8.29. The first-order chi connectivity index (χ1) is 19.5. The van der Waals surface area contributed by atoms with Gasteiger partial charge in [0.05, 0.1) is 17.7 Å². The number of amides is 2. The number of halogens is 1. The summed E-state index contributed by atoms with van der Waals surface area (Å²) in [7, 11) is -2.71. The van der Waals surface area contributed by atoms with Gasteiger partial charge in [0.1, 0.15) is 24.2 Å². The van der Waals surface area contributed by atoms with Gasteiger partial charge in [-0.15, -0.1) is 0 Å². The summed E-state index contributed by atoms with van der Waals surface area (Å²) >= 11 is 0. The molecule has 0 spiro atoms.